The van der Waals surface area contributed by atoms with Gasteiger partial charge in [-0.05, 0) is 47.9 Å². The summed E-state index contributed by atoms with van der Waals surface area (Å²) in [5.41, 5.74) is 2.31. The molecule has 0 atom stereocenters. The summed E-state index contributed by atoms with van der Waals surface area (Å²) < 4.78 is 33.4. The van der Waals surface area contributed by atoms with Gasteiger partial charge in [-0.3, -0.25) is 9.52 Å². The maximum Gasteiger partial charge on any atom is 0.261 e. The molecule has 0 aliphatic carbocycles. The fourth-order valence-corrected chi connectivity index (χ4v) is 4.47. The van der Waals surface area contributed by atoms with Crippen molar-refractivity contribution in [3.05, 3.63) is 53.6 Å². The molecule has 2 aromatic rings. The van der Waals surface area contributed by atoms with Crippen molar-refractivity contribution < 1.29 is 17.9 Å². The Morgan fingerprint density at radius 3 is 2.81 bits per heavy atom. The molecule has 0 bridgehead atoms. The van der Waals surface area contributed by atoms with Crippen LogP contribution in [0.5, 0.6) is 5.75 Å². The number of amides is 1. The Balaban J connectivity index is 1.52. The van der Waals surface area contributed by atoms with Crippen molar-refractivity contribution in [3.63, 3.8) is 0 Å². The molecule has 2 aromatic carbocycles. The molecule has 1 N–H and O–H groups in total. The van der Waals surface area contributed by atoms with Crippen LogP contribution in [-0.4, -0.2) is 32.4 Å². The van der Waals surface area contributed by atoms with Crippen LogP contribution >= 0.6 is 0 Å². The maximum atomic E-state index is 12.7. The molecule has 4 rings (SSSR count). The van der Waals surface area contributed by atoms with Crippen molar-refractivity contribution in [2.24, 2.45) is 0 Å². The zero-order valence-electron chi connectivity index (χ0n) is 14.3. The summed E-state index contributed by atoms with van der Waals surface area (Å²) in [4.78, 5) is 13.8. The number of fused-ring (bicyclic) bond motifs is 1. The number of ether oxygens (including phenoxy) is 1. The number of nitrogens with one attached hydrogen (secondary N) is 1. The molecule has 1 amide bonds. The van der Waals surface area contributed by atoms with Crippen molar-refractivity contribution in [3.8, 4) is 5.75 Å². The molecule has 26 heavy (non-hydrogen) atoms. The molecular weight excluding hydrogens is 352 g/mol. The van der Waals surface area contributed by atoms with E-state index in [4.69, 9.17) is 4.74 Å². The third-order valence-electron chi connectivity index (χ3n) is 4.70. The lowest BCUT2D eigenvalue weighted by Crippen LogP contribution is -2.23. The Hall–Kier alpha value is -2.54. The third kappa shape index (κ3) is 3.39. The number of carbonyl (C=O) groups excluding carboxylic acids is 1. The first-order valence-electron chi connectivity index (χ1n) is 8.66. The van der Waals surface area contributed by atoms with E-state index < -0.39 is 10.0 Å². The fourth-order valence-electron chi connectivity index (χ4n) is 3.37. The Morgan fingerprint density at radius 1 is 1.12 bits per heavy atom. The van der Waals surface area contributed by atoms with Crippen LogP contribution in [-0.2, 0) is 27.8 Å². The van der Waals surface area contributed by atoms with E-state index in [0.717, 1.165) is 36.3 Å². The topological polar surface area (TPSA) is 75.7 Å². The average molecular weight is 372 g/mol. The van der Waals surface area contributed by atoms with Crippen LogP contribution in [0.1, 0.15) is 24.0 Å². The average Bonchev–Trinajstić information content (AvgIpc) is 3.23. The first-order chi connectivity index (χ1) is 12.5. The Labute approximate surface area is 152 Å². The fraction of sp³-hybridized carbons (Fsp3) is 0.316. The molecule has 2 aliphatic heterocycles. The first-order valence-corrected chi connectivity index (χ1v) is 10.1. The summed E-state index contributed by atoms with van der Waals surface area (Å²) in [6, 6.07) is 12.1. The van der Waals surface area contributed by atoms with Gasteiger partial charge >= 0.3 is 0 Å². The van der Waals surface area contributed by atoms with Gasteiger partial charge in [0, 0.05) is 31.6 Å². The maximum absolute atomic E-state index is 12.7. The van der Waals surface area contributed by atoms with E-state index in [1.165, 1.54) is 0 Å². The highest BCUT2D eigenvalue weighted by molar-refractivity contribution is 7.92. The minimum absolute atomic E-state index is 0.149. The predicted octanol–water partition coefficient (Wildman–Crippen LogP) is 2.54. The standard InChI is InChI=1S/C19H20N2O4S/c22-19-5-2-9-21(19)13-14-3-1-4-16(11-14)20-26(23,24)17-6-7-18-15(12-17)8-10-25-18/h1,3-4,6-7,11-12,20H,2,5,8-10,13H2. The van der Waals surface area contributed by atoms with Crippen molar-refractivity contribution in [1.29, 1.82) is 0 Å². The third-order valence-corrected chi connectivity index (χ3v) is 6.07. The minimum Gasteiger partial charge on any atom is -0.493 e. The largest absolute Gasteiger partial charge is 0.493 e. The van der Waals surface area contributed by atoms with Gasteiger partial charge in [-0.2, -0.15) is 0 Å². The van der Waals surface area contributed by atoms with Crippen molar-refractivity contribution in [1.82, 2.24) is 4.90 Å². The SMILES string of the molecule is O=C1CCCN1Cc1cccc(NS(=O)(=O)c2ccc3c(c2)CCO3)c1. The van der Waals surface area contributed by atoms with Gasteiger partial charge in [0.15, 0.2) is 0 Å². The molecule has 0 radical (unpaired) electrons. The number of hydrogen-bond donors (Lipinski definition) is 1. The second kappa shape index (κ2) is 6.64. The van der Waals surface area contributed by atoms with Gasteiger partial charge in [0.1, 0.15) is 5.75 Å². The summed E-state index contributed by atoms with van der Waals surface area (Å²) in [6.45, 7) is 1.85. The molecule has 0 spiro atoms. The number of sulfonamides is 1. The van der Waals surface area contributed by atoms with E-state index in [2.05, 4.69) is 4.72 Å². The molecule has 2 heterocycles. The molecule has 6 nitrogen and oxygen atoms in total. The molecule has 0 saturated carbocycles. The number of rotatable bonds is 5. The lowest BCUT2D eigenvalue weighted by Gasteiger charge is -2.16. The van der Waals surface area contributed by atoms with Crippen molar-refractivity contribution in [2.75, 3.05) is 17.9 Å². The second-order valence-corrected chi connectivity index (χ2v) is 8.28. The first kappa shape index (κ1) is 16.9. The molecule has 136 valence electrons. The second-order valence-electron chi connectivity index (χ2n) is 6.59. The van der Waals surface area contributed by atoms with Gasteiger partial charge in [0.2, 0.25) is 5.91 Å². The molecule has 1 fully saturated rings. The van der Waals surface area contributed by atoms with Crippen LogP contribution in [0.2, 0.25) is 0 Å². The highest BCUT2D eigenvalue weighted by atomic mass is 32.2. The summed E-state index contributed by atoms with van der Waals surface area (Å²) >= 11 is 0. The molecule has 0 unspecified atom stereocenters. The Bertz CT molecular complexity index is 956. The Morgan fingerprint density at radius 2 is 2.00 bits per heavy atom. The van der Waals surface area contributed by atoms with Crippen LogP contribution in [0.25, 0.3) is 0 Å². The predicted molar refractivity (Wildman–Crippen MR) is 97.5 cm³/mol. The number of benzene rings is 2. The van der Waals surface area contributed by atoms with Gasteiger partial charge in [-0.1, -0.05) is 12.1 Å². The quantitative estimate of drug-likeness (QED) is 0.875. The van der Waals surface area contributed by atoms with Gasteiger partial charge in [0.05, 0.1) is 11.5 Å². The molecule has 7 heteroatoms. The number of nitrogens with zero attached hydrogens (tertiary/aromatic N) is 1. The minimum atomic E-state index is -3.68. The number of likely N-dealkylation sites (tertiary alicyclic amines) is 1. The number of hydrogen-bond acceptors (Lipinski definition) is 4. The van der Waals surface area contributed by atoms with Crippen molar-refractivity contribution in [2.45, 2.75) is 30.7 Å². The lowest BCUT2D eigenvalue weighted by atomic mass is 10.2. The summed E-state index contributed by atoms with van der Waals surface area (Å²) in [5.74, 6) is 0.901. The van der Waals surface area contributed by atoms with Crippen LogP contribution in [0.4, 0.5) is 5.69 Å². The van der Waals surface area contributed by atoms with E-state index in [1.807, 2.05) is 6.07 Å². The monoisotopic (exact) mass is 372 g/mol. The molecule has 0 aromatic heterocycles. The number of anilines is 1. The van der Waals surface area contributed by atoms with Gasteiger partial charge in [-0.15, -0.1) is 0 Å². The molecular formula is C19H20N2O4S. The highest BCUT2D eigenvalue weighted by Crippen LogP contribution is 2.28. The van der Waals surface area contributed by atoms with E-state index in [-0.39, 0.29) is 10.8 Å². The zero-order valence-corrected chi connectivity index (χ0v) is 15.1. The van der Waals surface area contributed by atoms with Gasteiger partial charge in [0.25, 0.3) is 10.0 Å². The van der Waals surface area contributed by atoms with E-state index in [0.29, 0.717) is 25.3 Å². The van der Waals surface area contributed by atoms with Gasteiger partial charge < -0.3 is 9.64 Å². The molecule has 1 saturated heterocycles. The Kier molecular flexibility index (Phi) is 4.32. The van der Waals surface area contributed by atoms with Crippen LogP contribution < -0.4 is 9.46 Å². The zero-order chi connectivity index (χ0) is 18.1. The molecule has 2 aliphatic rings. The van der Waals surface area contributed by atoms with Crippen molar-refractivity contribution >= 4 is 21.6 Å². The van der Waals surface area contributed by atoms with Gasteiger partial charge in [-0.25, -0.2) is 8.42 Å². The lowest BCUT2D eigenvalue weighted by molar-refractivity contribution is -0.128. The van der Waals surface area contributed by atoms with Crippen LogP contribution in [0.15, 0.2) is 47.4 Å². The number of carbonyl (C=O) groups is 1. The summed E-state index contributed by atoms with van der Waals surface area (Å²) in [5, 5.41) is 0. The normalized spacial score (nSPS) is 16.5. The van der Waals surface area contributed by atoms with Crippen LogP contribution in [0.3, 0.4) is 0 Å². The van der Waals surface area contributed by atoms with E-state index in [1.54, 1.807) is 41.3 Å². The smallest absolute Gasteiger partial charge is 0.261 e. The van der Waals surface area contributed by atoms with E-state index >= 15 is 0 Å². The van der Waals surface area contributed by atoms with Crippen LogP contribution in [0, 0.1) is 0 Å². The highest BCUT2D eigenvalue weighted by Gasteiger charge is 2.21. The summed E-state index contributed by atoms with van der Waals surface area (Å²) in [6.07, 6.45) is 2.19. The summed E-state index contributed by atoms with van der Waals surface area (Å²) in [7, 11) is -3.68. The van der Waals surface area contributed by atoms with E-state index in [9.17, 15) is 13.2 Å².